The highest BCUT2D eigenvalue weighted by Crippen LogP contribution is 2.17. The van der Waals surface area contributed by atoms with Gasteiger partial charge in [-0.2, -0.15) is 0 Å². The fraction of sp³-hybridized carbons (Fsp3) is 0.0909. The van der Waals surface area contributed by atoms with E-state index in [4.69, 9.17) is 16.7 Å². The number of aromatic nitrogens is 2. The van der Waals surface area contributed by atoms with Crippen LogP contribution in [0, 0.1) is 6.92 Å². The summed E-state index contributed by atoms with van der Waals surface area (Å²) in [5.41, 5.74) is 2.23. The number of fused-ring (bicyclic) bond motifs is 1. The maximum Gasteiger partial charge on any atom is 0.328 e. The third kappa shape index (κ3) is 1.92. The van der Waals surface area contributed by atoms with Gasteiger partial charge in [0.1, 0.15) is 5.65 Å². The Kier molecular flexibility index (Phi) is 2.66. The van der Waals surface area contributed by atoms with Crippen molar-refractivity contribution in [3.8, 4) is 0 Å². The van der Waals surface area contributed by atoms with Crippen LogP contribution in [0.15, 0.2) is 24.4 Å². The molecule has 0 aromatic carbocycles. The Balaban J connectivity index is 2.62. The van der Waals surface area contributed by atoms with Gasteiger partial charge < -0.3 is 5.11 Å². The quantitative estimate of drug-likeness (QED) is 0.815. The predicted octanol–water partition coefficient (Wildman–Crippen LogP) is 2.39. The molecule has 16 heavy (non-hydrogen) atoms. The van der Waals surface area contributed by atoms with Gasteiger partial charge in [-0.3, -0.25) is 4.40 Å². The molecule has 0 radical (unpaired) electrons. The monoisotopic (exact) mass is 236 g/mol. The van der Waals surface area contributed by atoms with Gasteiger partial charge in [0.15, 0.2) is 0 Å². The topological polar surface area (TPSA) is 54.6 Å². The van der Waals surface area contributed by atoms with Crippen molar-refractivity contribution in [3.05, 3.63) is 40.8 Å². The van der Waals surface area contributed by atoms with Crippen molar-refractivity contribution in [1.82, 2.24) is 9.38 Å². The normalized spacial score (nSPS) is 11.4. The number of aryl methyl sites for hydroxylation is 1. The molecule has 0 spiro atoms. The lowest BCUT2D eigenvalue weighted by Gasteiger charge is -1.97. The first-order chi connectivity index (χ1) is 7.58. The number of hydrogen-bond donors (Lipinski definition) is 1. The molecule has 0 atom stereocenters. The summed E-state index contributed by atoms with van der Waals surface area (Å²) in [5, 5.41) is 9.17. The molecule has 0 aliphatic rings. The van der Waals surface area contributed by atoms with Gasteiger partial charge in [0, 0.05) is 12.3 Å². The summed E-state index contributed by atoms with van der Waals surface area (Å²) < 4.78 is 1.76. The first-order valence-electron chi connectivity index (χ1n) is 4.63. The summed E-state index contributed by atoms with van der Waals surface area (Å²) in [4.78, 5) is 14.8. The lowest BCUT2D eigenvalue weighted by molar-refractivity contribution is -0.131. The fourth-order valence-electron chi connectivity index (χ4n) is 1.51. The van der Waals surface area contributed by atoms with E-state index < -0.39 is 5.97 Å². The van der Waals surface area contributed by atoms with Crippen LogP contribution in [0.3, 0.4) is 0 Å². The van der Waals surface area contributed by atoms with Gasteiger partial charge in [-0.05, 0) is 25.1 Å². The van der Waals surface area contributed by atoms with Crippen LogP contribution >= 0.6 is 11.6 Å². The van der Waals surface area contributed by atoms with E-state index in [1.165, 1.54) is 6.08 Å². The lowest BCUT2D eigenvalue weighted by Crippen LogP contribution is -1.90. The molecule has 0 aliphatic heterocycles. The molecular formula is C11H9ClN2O2. The summed E-state index contributed by atoms with van der Waals surface area (Å²) >= 11 is 5.87. The van der Waals surface area contributed by atoms with Crippen molar-refractivity contribution >= 4 is 29.3 Å². The number of carbonyl (C=O) groups is 1. The number of rotatable bonds is 2. The van der Waals surface area contributed by atoms with Crippen LogP contribution in [0.25, 0.3) is 11.7 Å². The van der Waals surface area contributed by atoms with Crippen LogP contribution < -0.4 is 0 Å². The van der Waals surface area contributed by atoms with Crippen LogP contribution in [0.1, 0.15) is 11.4 Å². The molecule has 2 aromatic rings. The summed E-state index contributed by atoms with van der Waals surface area (Å²) in [6.45, 7) is 1.82. The number of aliphatic carboxylic acids is 1. The summed E-state index contributed by atoms with van der Waals surface area (Å²) in [6, 6.07) is 3.53. The van der Waals surface area contributed by atoms with Crippen LogP contribution in [-0.2, 0) is 4.79 Å². The maximum absolute atomic E-state index is 10.5. The fourth-order valence-corrected chi connectivity index (χ4v) is 1.67. The van der Waals surface area contributed by atoms with Gasteiger partial charge in [0.2, 0.25) is 0 Å². The smallest absolute Gasteiger partial charge is 0.328 e. The average Bonchev–Trinajstić information content (AvgIpc) is 2.51. The van der Waals surface area contributed by atoms with E-state index in [0.717, 1.165) is 23.1 Å². The van der Waals surface area contributed by atoms with Gasteiger partial charge in [-0.15, -0.1) is 0 Å². The Morgan fingerprint density at radius 2 is 2.31 bits per heavy atom. The van der Waals surface area contributed by atoms with Crippen LogP contribution in [-0.4, -0.2) is 20.5 Å². The second kappa shape index (κ2) is 3.98. The minimum absolute atomic E-state index is 0.579. The largest absolute Gasteiger partial charge is 0.478 e. The summed E-state index contributed by atoms with van der Waals surface area (Å²) in [6.07, 6.45) is 4.30. The van der Waals surface area contributed by atoms with Gasteiger partial charge in [0.25, 0.3) is 0 Å². The van der Waals surface area contributed by atoms with Crippen LogP contribution in [0.2, 0.25) is 5.02 Å². The maximum atomic E-state index is 10.5. The van der Waals surface area contributed by atoms with Crippen molar-refractivity contribution in [3.63, 3.8) is 0 Å². The van der Waals surface area contributed by atoms with Crippen molar-refractivity contribution in [2.75, 3.05) is 0 Å². The molecule has 2 rings (SSSR count). The molecule has 0 unspecified atom stereocenters. The Hall–Kier alpha value is -1.81. The minimum atomic E-state index is -0.989. The highest BCUT2D eigenvalue weighted by atomic mass is 35.5. The number of halogens is 1. The number of carboxylic acids is 1. The second-order valence-electron chi connectivity index (χ2n) is 3.33. The van der Waals surface area contributed by atoms with Crippen molar-refractivity contribution in [2.24, 2.45) is 0 Å². The molecule has 0 amide bonds. The third-order valence-electron chi connectivity index (χ3n) is 2.19. The zero-order valence-corrected chi connectivity index (χ0v) is 9.27. The van der Waals surface area contributed by atoms with Crippen molar-refractivity contribution < 1.29 is 9.90 Å². The zero-order chi connectivity index (χ0) is 11.7. The molecule has 2 aromatic heterocycles. The molecule has 0 saturated heterocycles. The average molecular weight is 237 g/mol. The van der Waals surface area contributed by atoms with E-state index in [2.05, 4.69) is 4.98 Å². The first-order valence-corrected chi connectivity index (χ1v) is 5.01. The molecule has 1 N–H and O–H groups in total. The Morgan fingerprint density at radius 1 is 1.56 bits per heavy atom. The predicted molar refractivity (Wildman–Crippen MR) is 61.6 cm³/mol. The van der Waals surface area contributed by atoms with E-state index in [1.54, 1.807) is 22.7 Å². The molecular weight excluding hydrogens is 228 g/mol. The molecule has 0 saturated carbocycles. The summed E-state index contributed by atoms with van der Waals surface area (Å²) in [5.74, 6) is -0.989. The molecule has 0 fully saturated rings. The minimum Gasteiger partial charge on any atom is -0.478 e. The van der Waals surface area contributed by atoms with Crippen LogP contribution in [0.4, 0.5) is 0 Å². The Morgan fingerprint density at radius 3 is 3.00 bits per heavy atom. The van der Waals surface area contributed by atoms with Crippen LogP contribution in [0.5, 0.6) is 0 Å². The van der Waals surface area contributed by atoms with E-state index in [1.807, 2.05) is 6.92 Å². The molecule has 82 valence electrons. The Bertz CT molecular complexity index is 587. The SMILES string of the molecule is Cc1nc2ccc(Cl)cn2c1/C=C/C(=O)O. The highest BCUT2D eigenvalue weighted by molar-refractivity contribution is 6.30. The van der Waals surface area contributed by atoms with Crippen molar-refractivity contribution in [1.29, 1.82) is 0 Å². The number of nitrogens with zero attached hydrogens (tertiary/aromatic N) is 2. The standard InChI is InChI=1S/C11H9ClN2O2/c1-7-9(3-5-11(15)16)14-6-8(12)2-4-10(14)13-7/h2-6H,1H3,(H,15,16)/b5-3+. The Labute approximate surface area is 96.8 Å². The molecule has 0 aliphatic carbocycles. The van der Waals surface area contributed by atoms with Gasteiger partial charge >= 0.3 is 5.97 Å². The van der Waals surface area contributed by atoms with E-state index in [9.17, 15) is 4.79 Å². The molecule has 0 bridgehead atoms. The van der Waals surface area contributed by atoms with Gasteiger partial charge in [0.05, 0.1) is 16.4 Å². The number of carboxylic acid groups (broad SMARTS) is 1. The van der Waals surface area contributed by atoms with Gasteiger partial charge in [-0.25, -0.2) is 9.78 Å². The van der Waals surface area contributed by atoms with Gasteiger partial charge in [-0.1, -0.05) is 11.6 Å². The third-order valence-corrected chi connectivity index (χ3v) is 2.41. The number of hydrogen-bond acceptors (Lipinski definition) is 2. The first kappa shape index (κ1) is 10.7. The molecule has 2 heterocycles. The molecule has 4 nitrogen and oxygen atoms in total. The summed E-state index contributed by atoms with van der Waals surface area (Å²) in [7, 11) is 0. The number of imidazole rings is 1. The zero-order valence-electron chi connectivity index (χ0n) is 8.51. The van der Waals surface area contributed by atoms with E-state index in [0.29, 0.717) is 5.02 Å². The second-order valence-corrected chi connectivity index (χ2v) is 3.77. The number of pyridine rings is 1. The van der Waals surface area contributed by atoms with E-state index in [-0.39, 0.29) is 0 Å². The lowest BCUT2D eigenvalue weighted by atomic mass is 10.3. The molecule has 5 heteroatoms. The highest BCUT2D eigenvalue weighted by Gasteiger charge is 2.06. The van der Waals surface area contributed by atoms with E-state index >= 15 is 0 Å². The van der Waals surface area contributed by atoms with Crippen molar-refractivity contribution in [2.45, 2.75) is 6.92 Å².